The van der Waals surface area contributed by atoms with E-state index in [2.05, 4.69) is 15.3 Å². The van der Waals surface area contributed by atoms with Crippen molar-refractivity contribution >= 4 is 15.7 Å². The smallest absolute Gasteiger partial charge is 0.222 e. The van der Waals surface area contributed by atoms with E-state index in [1.807, 2.05) is 6.07 Å². The summed E-state index contributed by atoms with van der Waals surface area (Å²) in [5.74, 6) is -0.127. The van der Waals surface area contributed by atoms with Crippen LogP contribution in [0.25, 0.3) is 10.4 Å². The van der Waals surface area contributed by atoms with E-state index in [9.17, 15) is 13.2 Å². The van der Waals surface area contributed by atoms with Crippen molar-refractivity contribution in [2.75, 3.05) is 72.2 Å². The third kappa shape index (κ3) is 15.0. The molecule has 0 unspecified atom stereocenters. The number of nitrogens with zero attached hydrogens (tertiary/aromatic N) is 4. The first-order chi connectivity index (χ1) is 16.9. The van der Waals surface area contributed by atoms with Gasteiger partial charge in [-0.25, -0.2) is 8.42 Å². The van der Waals surface area contributed by atoms with Crippen molar-refractivity contribution in [2.24, 2.45) is 5.11 Å². The van der Waals surface area contributed by atoms with Crippen molar-refractivity contribution in [1.29, 1.82) is 5.26 Å². The van der Waals surface area contributed by atoms with Gasteiger partial charge in [0, 0.05) is 30.7 Å². The molecule has 1 amide bonds. The van der Waals surface area contributed by atoms with E-state index in [-0.39, 0.29) is 29.4 Å². The van der Waals surface area contributed by atoms with Crippen molar-refractivity contribution in [3.63, 3.8) is 0 Å². The molecule has 0 fully saturated rings. The number of azide groups is 1. The lowest BCUT2D eigenvalue weighted by atomic mass is 10.1. The summed E-state index contributed by atoms with van der Waals surface area (Å²) >= 11 is 0. The van der Waals surface area contributed by atoms with Crippen LogP contribution in [0, 0.1) is 11.3 Å². The Kier molecular flexibility index (Phi) is 16.1. The molecule has 0 aliphatic heterocycles. The minimum Gasteiger partial charge on any atom is -0.379 e. The molecule has 12 nitrogen and oxygen atoms in total. The number of nitrogens with one attached hydrogen (secondary N) is 1. The molecular formula is C22H33N5O7S. The van der Waals surface area contributed by atoms with Gasteiger partial charge in [0.2, 0.25) is 5.91 Å². The van der Waals surface area contributed by atoms with E-state index in [1.165, 1.54) is 12.1 Å². The summed E-state index contributed by atoms with van der Waals surface area (Å²) in [4.78, 5) is 14.5. The van der Waals surface area contributed by atoms with Gasteiger partial charge < -0.3 is 24.3 Å². The van der Waals surface area contributed by atoms with Gasteiger partial charge in [-0.3, -0.25) is 4.79 Å². The molecule has 1 N–H and O–H groups in total. The summed E-state index contributed by atoms with van der Waals surface area (Å²) < 4.78 is 44.9. The SMILES string of the molecule is CS(=O)(=O)c1cc(CCCNC(=O)CCOCCOCCOCCOCCN=[N+]=[N-])ccc1C#N. The predicted molar refractivity (Wildman–Crippen MR) is 128 cm³/mol. The van der Waals surface area contributed by atoms with Crippen molar-refractivity contribution in [1.82, 2.24) is 5.32 Å². The van der Waals surface area contributed by atoms with E-state index in [0.29, 0.717) is 72.2 Å². The molecule has 0 aliphatic rings. The zero-order chi connectivity index (χ0) is 25.8. The molecule has 0 aromatic heterocycles. The van der Waals surface area contributed by atoms with Crippen molar-refractivity contribution in [3.8, 4) is 6.07 Å². The highest BCUT2D eigenvalue weighted by Crippen LogP contribution is 2.18. The van der Waals surface area contributed by atoms with E-state index in [0.717, 1.165) is 11.8 Å². The van der Waals surface area contributed by atoms with Crippen LogP contribution in [-0.4, -0.2) is 86.5 Å². The molecule has 1 aromatic carbocycles. The number of hydrogen-bond donors (Lipinski definition) is 1. The lowest BCUT2D eigenvalue weighted by molar-refractivity contribution is -0.122. The van der Waals surface area contributed by atoms with Gasteiger partial charge in [-0.1, -0.05) is 11.2 Å². The summed E-state index contributed by atoms with van der Waals surface area (Å²) in [7, 11) is -3.48. The first-order valence-electron chi connectivity index (χ1n) is 11.2. The Hall–Kier alpha value is -2.72. The molecule has 1 aromatic rings. The minimum atomic E-state index is -3.48. The number of carbonyl (C=O) groups is 1. The van der Waals surface area contributed by atoms with Gasteiger partial charge in [-0.05, 0) is 36.1 Å². The zero-order valence-corrected chi connectivity index (χ0v) is 20.8. The van der Waals surface area contributed by atoms with Crippen LogP contribution in [0.15, 0.2) is 28.2 Å². The highest BCUT2D eigenvalue weighted by atomic mass is 32.2. The second kappa shape index (κ2) is 18.6. The number of carbonyl (C=O) groups excluding carboxylic acids is 1. The number of benzene rings is 1. The van der Waals surface area contributed by atoms with Crippen LogP contribution in [-0.2, 0) is 40.0 Å². The van der Waals surface area contributed by atoms with E-state index in [1.54, 1.807) is 6.07 Å². The number of rotatable bonds is 20. The highest BCUT2D eigenvalue weighted by Gasteiger charge is 2.14. The molecule has 0 heterocycles. The van der Waals surface area contributed by atoms with Crippen LogP contribution >= 0.6 is 0 Å². The van der Waals surface area contributed by atoms with Crippen molar-refractivity contribution < 1.29 is 32.2 Å². The molecule has 0 bridgehead atoms. The maximum atomic E-state index is 11.9. The average Bonchev–Trinajstić information content (AvgIpc) is 2.83. The van der Waals surface area contributed by atoms with Gasteiger partial charge in [0.05, 0.1) is 63.3 Å². The fourth-order valence-corrected chi connectivity index (χ4v) is 3.69. The van der Waals surface area contributed by atoms with E-state index in [4.69, 9.17) is 29.7 Å². The molecule has 0 radical (unpaired) electrons. The number of sulfone groups is 1. The van der Waals surface area contributed by atoms with Gasteiger partial charge in [0.15, 0.2) is 9.84 Å². The highest BCUT2D eigenvalue weighted by molar-refractivity contribution is 7.90. The quantitative estimate of drug-likeness (QED) is 0.119. The topological polar surface area (TPSA) is 173 Å². The molecule has 35 heavy (non-hydrogen) atoms. The standard InChI is InChI=1S/C22H33N5O7S/c1-35(29,30)21-17-19(4-5-20(21)18-23)3-2-7-25-22(28)6-9-31-11-13-33-15-16-34-14-12-32-10-8-26-27-24/h4-5,17H,2-3,6-16H2,1H3,(H,25,28). The Labute approximate surface area is 206 Å². The van der Waals surface area contributed by atoms with E-state index < -0.39 is 9.84 Å². The van der Waals surface area contributed by atoms with E-state index >= 15 is 0 Å². The second-order valence-corrected chi connectivity index (χ2v) is 9.31. The van der Waals surface area contributed by atoms with Gasteiger partial charge in [-0.15, -0.1) is 0 Å². The summed E-state index contributed by atoms with van der Waals surface area (Å²) in [6, 6.07) is 6.64. The number of hydrogen-bond acceptors (Lipinski definition) is 9. The Morgan fingerprint density at radius 2 is 1.66 bits per heavy atom. The first-order valence-corrected chi connectivity index (χ1v) is 13.1. The Bertz CT molecular complexity index is 959. The lowest BCUT2D eigenvalue weighted by Crippen LogP contribution is -2.26. The predicted octanol–water partition coefficient (Wildman–Crippen LogP) is 1.78. The van der Waals surface area contributed by atoms with Gasteiger partial charge >= 0.3 is 0 Å². The molecule has 0 saturated carbocycles. The van der Waals surface area contributed by atoms with Crippen LogP contribution in [0.1, 0.15) is 24.0 Å². The van der Waals surface area contributed by atoms with Crippen LogP contribution in [0.3, 0.4) is 0 Å². The molecule has 1 rings (SSSR count). The molecule has 0 saturated heterocycles. The number of nitriles is 1. The summed E-state index contributed by atoms with van der Waals surface area (Å²) in [6.07, 6.45) is 2.53. The first kappa shape index (κ1) is 30.3. The summed E-state index contributed by atoms with van der Waals surface area (Å²) in [5.41, 5.74) is 9.03. The average molecular weight is 512 g/mol. The Morgan fingerprint density at radius 1 is 1.06 bits per heavy atom. The third-order valence-corrected chi connectivity index (χ3v) is 5.66. The van der Waals surface area contributed by atoms with Gasteiger partial charge in [-0.2, -0.15) is 5.26 Å². The zero-order valence-electron chi connectivity index (χ0n) is 20.0. The van der Waals surface area contributed by atoms with Gasteiger partial charge in [0.25, 0.3) is 0 Å². The minimum absolute atomic E-state index is 0.0279. The van der Waals surface area contributed by atoms with Crippen LogP contribution in [0.4, 0.5) is 0 Å². The maximum absolute atomic E-state index is 11.9. The Morgan fingerprint density at radius 3 is 2.23 bits per heavy atom. The van der Waals surface area contributed by atoms with Crippen molar-refractivity contribution in [3.05, 3.63) is 39.8 Å². The third-order valence-electron chi connectivity index (χ3n) is 4.52. The fourth-order valence-electron chi connectivity index (χ4n) is 2.81. The summed E-state index contributed by atoms with van der Waals surface area (Å²) in [6.45, 7) is 3.88. The fraction of sp³-hybridized carbons (Fsp3) is 0.636. The summed E-state index contributed by atoms with van der Waals surface area (Å²) in [5, 5.41) is 15.2. The normalized spacial score (nSPS) is 11.0. The van der Waals surface area contributed by atoms with Crippen molar-refractivity contribution in [2.45, 2.75) is 24.2 Å². The molecule has 194 valence electrons. The number of amides is 1. The van der Waals surface area contributed by atoms with Crippen LogP contribution < -0.4 is 5.32 Å². The molecular weight excluding hydrogens is 478 g/mol. The number of ether oxygens (including phenoxy) is 4. The monoisotopic (exact) mass is 511 g/mol. The molecule has 13 heteroatoms. The molecule has 0 aliphatic carbocycles. The Balaban J connectivity index is 1.99. The van der Waals surface area contributed by atoms with Gasteiger partial charge in [0.1, 0.15) is 6.07 Å². The molecule has 0 spiro atoms. The van der Waals surface area contributed by atoms with Crippen LogP contribution in [0.5, 0.6) is 0 Å². The lowest BCUT2D eigenvalue weighted by Gasteiger charge is -2.08. The largest absolute Gasteiger partial charge is 0.379 e. The van der Waals surface area contributed by atoms with Crippen LogP contribution in [0.2, 0.25) is 0 Å². The number of aryl methyl sites for hydroxylation is 1. The second-order valence-electron chi connectivity index (χ2n) is 7.32. The molecule has 0 atom stereocenters. The maximum Gasteiger partial charge on any atom is 0.222 e.